The van der Waals surface area contributed by atoms with Gasteiger partial charge in [0, 0.05) is 38.9 Å². The molecule has 0 radical (unpaired) electrons. The number of hydrogen-bond acceptors (Lipinski definition) is 5. The fourth-order valence-corrected chi connectivity index (χ4v) is 11.3. The zero-order valence-electron chi connectivity index (χ0n) is 40.7. The summed E-state index contributed by atoms with van der Waals surface area (Å²) >= 11 is 0. The summed E-state index contributed by atoms with van der Waals surface area (Å²) < 4.78 is 0. The maximum Gasteiger partial charge on any atom is 0.165 e. The fraction of sp³-hybridized carbons (Fsp3) is 0.0143. The lowest BCUT2D eigenvalue weighted by Gasteiger charge is -2.34. The van der Waals surface area contributed by atoms with Crippen molar-refractivity contribution in [1.82, 2.24) is 24.9 Å². The first kappa shape index (κ1) is 43.8. The molecule has 0 fully saturated rings. The molecular formula is C70H45N5. The molecule has 1 aliphatic carbocycles. The van der Waals surface area contributed by atoms with Crippen LogP contribution in [0.25, 0.3) is 112 Å². The molecular weight excluding hydrogens is 911 g/mol. The Morgan fingerprint density at radius 3 is 1.16 bits per heavy atom. The lowest BCUT2D eigenvalue weighted by Crippen LogP contribution is -2.28. The van der Waals surface area contributed by atoms with Gasteiger partial charge in [0.25, 0.3) is 0 Å². The highest BCUT2D eigenvalue weighted by atomic mass is 15.0. The van der Waals surface area contributed by atoms with Crippen LogP contribution in [0.4, 0.5) is 0 Å². The maximum absolute atomic E-state index is 5.63. The summed E-state index contributed by atoms with van der Waals surface area (Å²) in [6, 6.07) is 96.4. The Morgan fingerprint density at radius 2 is 0.627 bits per heavy atom. The molecule has 0 spiro atoms. The molecule has 0 amide bonds. The van der Waals surface area contributed by atoms with Gasteiger partial charge in [0.2, 0.25) is 0 Å². The minimum Gasteiger partial charge on any atom is -0.248 e. The second-order valence-electron chi connectivity index (χ2n) is 19.1. The number of rotatable bonds is 9. The Morgan fingerprint density at radius 1 is 0.240 bits per heavy atom. The smallest absolute Gasteiger partial charge is 0.165 e. The molecule has 0 atom stereocenters. The SMILES string of the molecule is c1ccc(-c2cccc(-c3cccc(-c4nc(-c5cccc(-c6cccc(-c7ccccc7)n6)c5)nc(-c5c6c(cc7ccccc57)C(c5ccccc5)(c5ccccc5)c5cc7ccccc7cc5-6)n4)c3)n2)cc1. The first-order valence-corrected chi connectivity index (χ1v) is 25.4. The molecule has 5 nitrogen and oxygen atoms in total. The van der Waals surface area contributed by atoms with E-state index in [2.05, 4.69) is 237 Å². The van der Waals surface area contributed by atoms with E-state index in [0.29, 0.717) is 17.5 Å². The lowest BCUT2D eigenvalue weighted by molar-refractivity contribution is 0.770. The Kier molecular flexibility index (Phi) is 10.7. The van der Waals surface area contributed by atoms with E-state index in [1.54, 1.807) is 0 Å². The molecule has 5 heteroatoms. The third-order valence-corrected chi connectivity index (χ3v) is 14.8. The second kappa shape index (κ2) is 18.3. The Hall–Kier alpha value is -9.97. The predicted octanol–water partition coefficient (Wildman–Crippen LogP) is 17.0. The van der Waals surface area contributed by atoms with E-state index >= 15 is 0 Å². The maximum atomic E-state index is 5.63. The Labute approximate surface area is 435 Å². The van der Waals surface area contributed by atoms with Crippen LogP contribution in [0.15, 0.2) is 273 Å². The van der Waals surface area contributed by atoms with Gasteiger partial charge in [-0.2, -0.15) is 0 Å². The zero-order valence-corrected chi connectivity index (χ0v) is 40.7. The van der Waals surface area contributed by atoms with E-state index in [9.17, 15) is 0 Å². The highest BCUT2D eigenvalue weighted by molar-refractivity contribution is 6.10. The number of nitrogens with zero attached hydrogens (tertiary/aromatic N) is 5. The molecule has 14 rings (SSSR count). The molecule has 75 heavy (non-hydrogen) atoms. The van der Waals surface area contributed by atoms with Gasteiger partial charge in [-0.3, -0.25) is 0 Å². The number of benzene rings is 10. The normalized spacial score (nSPS) is 12.4. The van der Waals surface area contributed by atoms with Crippen LogP contribution in [-0.2, 0) is 5.41 Å². The van der Waals surface area contributed by atoms with Gasteiger partial charge in [-0.1, -0.05) is 218 Å². The van der Waals surface area contributed by atoms with Crippen LogP contribution >= 0.6 is 0 Å². The summed E-state index contributed by atoms with van der Waals surface area (Å²) in [6.07, 6.45) is 0. The van der Waals surface area contributed by atoms with Crippen molar-refractivity contribution in [3.63, 3.8) is 0 Å². The van der Waals surface area contributed by atoms with Crippen LogP contribution in [-0.4, -0.2) is 24.9 Å². The first-order valence-electron chi connectivity index (χ1n) is 25.4. The van der Waals surface area contributed by atoms with Gasteiger partial charge < -0.3 is 0 Å². The van der Waals surface area contributed by atoms with Crippen molar-refractivity contribution in [1.29, 1.82) is 0 Å². The average molecular weight is 956 g/mol. The van der Waals surface area contributed by atoms with Crippen LogP contribution in [0.3, 0.4) is 0 Å². The van der Waals surface area contributed by atoms with E-state index in [0.717, 1.165) is 83.6 Å². The molecule has 0 saturated carbocycles. The predicted molar refractivity (Wildman–Crippen MR) is 306 cm³/mol. The van der Waals surface area contributed by atoms with Crippen molar-refractivity contribution in [3.8, 4) is 90.3 Å². The molecule has 0 saturated heterocycles. The third-order valence-electron chi connectivity index (χ3n) is 14.8. The largest absolute Gasteiger partial charge is 0.248 e. The molecule has 13 aromatic rings. The number of aromatic nitrogens is 5. The van der Waals surface area contributed by atoms with E-state index in [1.165, 1.54) is 33.0 Å². The van der Waals surface area contributed by atoms with Crippen molar-refractivity contribution >= 4 is 21.5 Å². The third kappa shape index (κ3) is 7.60. The minimum absolute atomic E-state index is 0.557. The van der Waals surface area contributed by atoms with E-state index in [1.807, 2.05) is 36.4 Å². The number of pyridine rings is 2. The summed E-state index contributed by atoms with van der Waals surface area (Å²) in [6.45, 7) is 0. The fourth-order valence-electron chi connectivity index (χ4n) is 11.3. The summed E-state index contributed by atoms with van der Waals surface area (Å²) in [4.78, 5) is 27.0. The number of fused-ring (bicyclic) bond motifs is 5. The summed E-state index contributed by atoms with van der Waals surface area (Å²) in [5.74, 6) is 1.70. The van der Waals surface area contributed by atoms with Gasteiger partial charge in [-0.25, -0.2) is 24.9 Å². The summed E-state index contributed by atoms with van der Waals surface area (Å²) in [5.41, 5.74) is 16.6. The molecule has 0 N–H and O–H groups in total. The van der Waals surface area contributed by atoms with Crippen LogP contribution in [0, 0.1) is 0 Å². The Bertz CT molecular complexity index is 4110. The van der Waals surface area contributed by atoms with Crippen molar-refractivity contribution in [2.24, 2.45) is 0 Å². The topological polar surface area (TPSA) is 64.5 Å². The van der Waals surface area contributed by atoms with Gasteiger partial charge >= 0.3 is 0 Å². The molecule has 350 valence electrons. The number of hydrogen-bond donors (Lipinski definition) is 0. The quantitative estimate of drug-likeness (QED) is 0.144. The van der Waals surface area contributed by atoms with Gasteiger partial charge in [-0.05, 0) is 110 Å². The minimum atomic E-state index is -0.681. The van der Waals surface area contributed by atoms with E-state index in [4.69, 9.17) is 24.9 Å². The standard InChI is InChI=1S/C70H45N5/c1-5-21-46(22-6-1)61-37-19-39-63(71-61)51-28-17-30-53(41-51)67-73-68(54-31-18-29-52(42-54)64-40-20-38-62(72-64)47-23-7-2-8-24-47)75-69(74-67)66-57-36-16-15-27-50(57)45-60-65(66)58-43-48-25-13-14-26-49(48)44-59(58)70(60,55-32-9-3-10-33-55)56-34-11-4-12-35-56/h1-45H. The summed E-state index contributed by atoms with van der Waals surface area (Å²) in [5, 5.41) is 4.50. The second-order valence-corrected chi connectivity index (χ2v) is 19.1. The van der Waals surface area contributed by atoms with Crippen molar-refractivity contribution in [3.05, 3.63) is 295 Å². The highest BCUT2D eigenvalue weighted by Crippen LogP contribution is 2.60. The summed E-state index contributed by atoms with van der Waals surface area (Å²) in [7, 11) is 0. The van der Waals surface area contributed by atoms with Crippen molar-refractivity contribution in [2.45, 2.75) is 5.41 Å². The van der Waals surface area contributed by atoms with Crippen molar-refractivity contribution in [2.75, 3.05) is 0 Å². The van der Waals surface area contributed by atoms with Gasteiger partial charge in [0.15, 0.2) is 17.5 Å². The van der Waals surface area contributed by atoms with Crippen LogP contribution in [0.2, 0.25) is 0 Å². The molecule has 10 aromatic carbocycles. The highest BCUT2D eigenvalue weighted by Gasteiger charge is 2.48. The van der Waals surface area contributed by atoms with E-state index in [-0.39, 0.29) is 0 Å². The van der Waals surface area contributed by atoms with Crippen LogP contribution in [0.5, 0.6) is 0 Å². The van der Waals surface area contributed by atoms with Crippen LogP contribution < -0.4 is 0 Å². The van der Waals surface area contributed by atoms with E-state index < -0.39 is 5.41 Å². The molecule has 3 aromatic heterocycles. The zero-order chi connectivity index (χ0) is 49.7. The molecule has 1 aliphatic rings. The molecule has 0 bridgehead atoms. The first-order chi connectivity index (χ1) is 37.2. The van der Waals surface area contributed by atoms with Gasteiger partial charge in [-0.15, -0.1) is 0 Å². The Balaban J connectivity index is 1.04. The average Bonchev–Trinajstić information content (AvgIpc) is 3.84. The van der Waals surface area contributed by atoms with Gasteiger partial charge in [0.1, 0.15) is 0 Å². The van der Waals surface area contributed by atoms with Gasteiger partial charge in [0.05, 0.1) is 28.2 Å². The van der Waals surface area contributed by atoms with Crippen LogP contribution in [0.1, 0.15) is 22.3 Å². The molecule has 0 unspecified atom stereocenters. The monoisotopic (exact) mass is 955 g/mol. The molecule has 0 aliphatic heterocycles. The molecule has 3 heterocycles. The van der Waals surface area contributed by atoms with Crippen molar-refractivity contribution < 1.29 is 0 Å². The lowest BCUT2D eigenvalue weighted by atomic mass is 9.67.